The Morgan fingerprint density at radius 1 is 1.28 bits per heavy atom. The molecule has 0 saturated carbocycles. The number of aliphatic imine (C=N–C) groups is 1. The van der Waals surface area contributed by atoms with Crippen LogP contribution in [0.5, 0.6) is 0 Å². The summed E-state index contributed by atoms with van der Waals surface area (Å²) in [6, 6.07) is 6.62. The van der Waals surface area contributed by atoms with Crippen molar-refractivity contribution in [1.82, 2.24) is 0 Å². The lowest BCUT2D eigenvalue weighted by Gasteiger charge is -2.24. The third-order valence-electron chi connectivity index (χ3n) is 4.00. The topological polar surface area (TPSA) is 80.7 Å². The number of hydrogen-bond donors (Lipinski definition) is 1. The average molecular weight is 383 g/mol. The summed E-state index contributed by atoms with van der Waals surface area (Å²) in [4.78, 5) is 31.2. The van der Waals surface area contributed by atoms with Crippen molar-refractivity contribution in [3.05, 3.63) is 24.3 Å². The van der Waals surface area contributed by atoms with Crippen LogP contribution in [0.25, 0.3) is 0 Å². The van der Waals surface area contributed by atoms with Gasteiger partial charge in [-0.25, -0.2) is 13.2 Å². The molecule has 2 saturated heterocycles. The second-order valence-electron chi connectivity index (χ2n) is 5.41. The maximum atomic E-state index is 12.3. The van der Waals surface area contributed by atoms with Crippen molar-refractivity contribution in [3.8, 4) is 0 Å². The Morgan fingerprint density at radius 2 is 1.96 bits per heavy atom. The van der Waals surface area contributed by atoms with Gasteiger partial charge in [0.05, 0.1) is 18.6 Å². The number of nitrogens with zero attached hydrogens (tertiary/aromatic N) is 3. The van der Waals surface area contributed by atoms with Crippen molar-refractivity contribution < 1.29 is 22.7 Å². The molecule has 1 unspecified atom stereocenters. The highest BCUT2D eigenvalue weighted by Crippen LogP contribution is 2.32. The van der Waals surface area contributed by atoms with Gasteiger partial charge in [-0.3, -0.25) is 14.8 Å². The molecule has 0 aliphatic carbocycles. The molecule has 0 aromatic heterocycles. The van der Waals surface area contributed by atoms with Crippen LogP contribution in [0.1, 0.15) is 6.92 Å². The van der Waals surface area contributed by atoms with E-state index in [0.717, 1.165) is 12.0 Å². The third kappa shape index (κ3) is 3.42. The van der Waals surface area contributed by atoms with E-state index in [1.165, 1.54) is 9.80 Å². The lowest BCUT2D eigenvalue weighted by Crippen LogP contribution is -2.41. The molecule has 2 heterocycles. The van der Waals surface area contributed by atoms with Crippen LogP contribution >= 0.6 is 25.0 Å². The maximum Gasteiger partial charge on any atom is 0.415 e. The van der Waals surface area contributed by atoms with Crippen LogP contribution in [0.4, 0.5) is 21.0 Å². The zero-order valence-electron chi connectivity index (χ0n) is 13.6. The van der Waals surface area contributed by atoms with Crippen LogP contribution in [0.15, 0.2) is 29.3 Å². The van der Waals surface area contributed by atoms with Crippen LogP contribution in [-0.2, 0) is 13.1 Å². The molecule has 2 aliphatic rings. The van der Waals surface area contributed by atoms with Gasteiger partial charge in [-0.05, 0) is 44.1 Å². The fourth-order valence-corrected chi connectivity index (χ4v) is 3.63. The van der Waals surface area contributed by atoms with E-state index in [2.05, 4.69) is 17.9 Å². The maximum absolute atomic E-state index is 12.3. The van der Waals surface area contributed by atoms with E-state index in [1.807, 2.05) is 0 Å². The molecule has 2 aliphatic heterocycles. The molecule has 8 nitrogen and oxygen atoms in total. The molecule has 0 radical (unpaired) electrons. The molecule has 2 atom stereocenters. The van der Waals surface area contributed by atoms with Crippen molar-refractivity contribution in [3.63, 3.8) is 0 Å². The van der Waals surface area contributed by atoms with Crippen LogP contribution in [0, 0.1) is 0 Å². The molecule has 2 fully saturated rings. The van der Waals surface area contributed by atoms with Crippen molar-refractivity contribution in [1.29, 1.82) is 0 Å². The minimum Gasteiger partial charge on any atom is -0.447 e. The predicted molar refractivity (Wildman–Crippen MR) is 98.4 cm³/mol. The molecule has 0 N–H and O–H groups in total. The Bertz CT molecular complexity index is 697. The molecule has 134 valence electrons. The van der Waals surface area contributed by atoms with Gasteiger partial charge in [0.1, 0.15) is 23.8 Å². The van der Waals surface area contributed by atoms with Crippen molar-refractivity contribution >= 4 is 53.6 Å². The number of carbonyl (C=O) groups excluding carboxylic acids is 2. The lowest BCUT2D eigenvalue weighted by molar-refractivity contribution is 0.146. The van der Waals surface area contributed by atoms with Gasteiger partial charge < -0.3 is 9.47 Å². The van der Waals surface area contributed by atoms with Gasteiger partial charge in [0.2, 0.25) is 0 Å². The quantitative estimate of drug-likeness (QED) is 0.373. The first-order chi connectivity index (χ1) is 12.1. The van der Waals surface area contributed by atoms with Gasteiger partial charge in [-0.2, -0.15) is 0 Å². The number of amides is 2. The predicted octanol–water partition coefficient (Wildman–Crippen LogP) is 2.89. The largest absolute Gasteiger partial charge is 0.447 e. The monoisotopic (exact) mass is 383 g/mol. The fraction of sp³-hybridized carbons (Fsp3) is 0.400. The van der Waals surface area contributed by atoms with Crippen LogP contribution < -0.4 is 9.80 Å². The number of carbonyl (C=O) groups is 2. The van der Waals surface area contributed by atoms with Gasteiger partial charge in [0.15, 0.2) is 0 Å². The van der Waals surface area contributed by atoms with E-state index >= 15 is 0 Å². The molecule has 1 aromatic rings. The Labute approximate surface area is 154 Å². The Hall–Kier alpha value is -1.91. The summed E-state index contributed by atoms with van der Waals surface area (Å²) in [5.74, 6) is 0. The standard InChI is InChI=1S/C15H17N3O5S2/c1-9-12(13(16-2)25-23-24)18(15(20)22-9)11-5-3-10(4-6-11)17-7-8-21-14(17)19/h3-6,9,12,24H,7-8H2,1-2H3/t9-,12?/m0/s1. The van der Waals surface area contributed by atoms with Crippen molar-refractivity contribution in [2.24, 2.45) is 4.99 Å². The smallest absolute Gasteiger partial charge is 0.415 e. The number of ether oxygens (including phenoxy) is 2. The number of anilines is 2. The first-order valence-corrected chi connectivity index (χ1v) is 8.66. The summed E-state index contributed by atoms with van der Waals surface area (Å²) in [5.41, 5.74) is 1.34. The summed E-state index contributed by atoms with van der Waals surface area (Å²) >= 11 is 4.71. The molecular weight excluding hydrogens is 366 g/mol. The number of benzene rings is 1. The van der Waals surface area contributed by atoms with E-state index in [-0.39, 0.29) is 6.09 Å². The highest BCUT2D eigenvalue weighted by molar-refractivity contribution is 8.14. The Balaban J connectivity index is 1.87. The van der Waals surface area contributed by atoms with E-state index < -0.39 is 18.2 Å². The van der Waals surface area contributed by atoms with Crippen LogP contribution in [0.2, 0.25) is 0 Å². The summed E-state index contributed by atoms with van der Waals surface area (Å²) in [6.45, 7) is 2.67. The number of hydrogen-bond acceptors (Lipinski definition) is 8. The molecular formula is C15H17N3O5S2. The number of thiol groups is 1. The van der Waals surface area contributed by atoms with Crippen molar-refractivity contribution in [2.45, 2.75) is 19.1 Å². The van der Waals surface area contributed by atoms with E-state index in [9.17, 15) is 9.59 Å². The fourth-order valence-electron chi connectivity index (χ4n) is 2.86. The molecule has 3 rings (SSSR count). The third-order valence-corrected chi connectivity index (χ3v) is 4.90. The highest BCUT2D eigenvalue weighted by Gasteiger charge is 2.43. The van der Waals surface area contributed by atoms with E-state index in [1.54, 1.807) is 38.2 Å². The molecule has 2 amide bonds. The Morgan fingerprint density at radius 3 is 2.52 bits per heavy atom. The van der Waals surface area contributed by atoms with E-state index in [4.69, 9.17) is 13.1 Å². The first kappa shape index (κ1) is 17.9. The summed E-state index contributed by atoms with van der Waals surface area (Å²) in [6.07, 6.45) is -1.23. The van der Waals surface area contributed by atoms with Crippen molar-refractivity contribution in [2.75, 3.05) is 30.0 Å². The molecule has 0 bridgehead atoms. The molecule has 10 heteroatoms. The Kier molecular flexibility index (Phi) is 5.40. The van der Waals surface area contributed by atoms with E-state index in [0.29, 0.717) is 29.6 Å². The summed E-state index contributed by atoms with van der Waals surface area (Å²) in [5, 5.41) is 0.570. The van der Waals surface area contributed by atoms with Gasteiger partial charge in [0, 0.05) is 18.4 Å². The first-order valence-electron chi connectivity index (χ1n) is 7.55. The summed E-state index contributed by atoms with van der Waals surface area (Å²) in [7, 11) is 1.62. The van der Waals surface area contributed by atoms with Gasteiger partial charge in [-0.15, -0.1) is 0 Å². The molecule has 1 aromatic carbocycles. The zero-order valence-corrected chi connectivity index (χ0v) is 15.3. The highest BCUT2D eigenvalue weighted by atomic mass is 32.2. The molecule has 25 heavy (non-hydrogen) atoms. The van der Waals surface area contributed by atoms with Crippen LogP contribution in [-0.4, -0.2) is 49.6 Å². The lowest BCUT2D eigenvalue weighted by atomic mass is 10.1. The second-order valence-corrected chi connectivity index (χ2v) is 6.59. The summed E-state index contributed by atoms with van der Waals surface area (Å²) < 4.78 is 15.1. The minimum atomic E-state index is -0.466. The average Bonchev–Trinajstić information content (AvgIpc) is 3.15. The second kappa shape index (κ2) is 7.54. The van der Waals surface area contributed by atoms with Gasteiger partial charge in [-0.1, -0.05) is 0 Å². The number of rotatable bonds is 4. The number of cyclic esters (lactones) is 2. The molecule has 0 spiro atoms. The van der Waals surface area contributed by atoms with Gasteiger partial charge >= 0.3 is 12.2 Å². The minimum absolute atomic E-state index is 0.371. The van der Waals surface area contributed by atoms with Crippen LogP contribution in [0.3, 0.4) is 0 Å². The normalized spacial score (nSPS) is 23.9. The SMILES string of the molecule is CN=C(SOS)C1[C@H](C)OC(=O)N1c1ccc(N2CCOC2=O)cc1. The zero-order chi connectivity index (χ0) is 18.0. The van der Waals surface area contributed by atoms with Gasteiger partial charge in [0.25, 0.3) is 0 Å².